The fourth-order valence-corrected chi connectivity index (χ4v) is 7.06. The molecule has 4 rings (SSSR count). The van der Waals surface area contributed by atoms with Crippen LogP contribution >= 0.6 is 11.6 Å². The monoisotopic (exact) mass is 611 g/mol. The first-order valence-electron chi connectivity index (χ1n) is 14.3. The summed E-state index contributed by atoms with van der Waals surface area (Å²) < 4.78 is 34.2. The molecule has 0 aliphatic heterocycles. The molecule has 0 saturated heterocycles. The quantitative estimate of drug-likeness (QED) is 0.279. The summed E-state index contributed by atoms with van der Waals surface area (Å²) in [6, 6.07) is 20.9. The zero-order valence-electron chi connectivity index (χ0n) is 24.0. The molecule has 0 unspecified atom stereocenters. The van der Waals surface area contributed by atoms with Crippen molar-refractivity contribution in [1.29, 1.82) is 0 Å². The second-order valence-corrected chi connectivity index (χ2v) is 12.7. The highest BCUT2D eigenvalue weighted by molar-refractivity contribution is 7.92. The minimum Gasteiger partial charge on any atom is -0.497 e. The van der Waals surface area contributed by atoms with Gasteiger partial charge >= 0.3 is 0 Å². The Labute approximate surface area is 253 Å². The van der Waals surface area contributed by atoms with Crippen molar-refractivity contribution in [3.05, 3.63) is 89.4 Å². The van der Waals surface area contributed by atoms with Crippen LogP contribution in [0, 0.1) is 0 Å². The number of hydrogen-bond donors (Lipinski definition) is 1. The number of nitrogens with zero attached hydrogens (tertiary/aromatic N) is 2. The number of amides is 2. The smallest absolute Gasteiger partial charge is 0.264 e. The molecule has 0 spiro atoms. The molecule has 42 heavy (non-hydrogen) atoms. The maximum atomic E-state index is 14.2. The van der Waals surface area contributed by atoms with Crippen LogP contribution in [-0.4, -0.2) is 50.9 Å². The summed E-state index contributed by atoms with van der Waals surface area (Å²) in [4.78, 5) is 29.4. The SMILES string of the molecule is CC[C@@H](C(=O)NC1CCCCC1)N(Cc1cccc(OC)c1)C(=O)CN(c1ccccc1Cl)S(=O)(=O)c1ccccc1. The van der Waals surface area contributed by atoms with Crippen LogP contribution in [0.15, 0.2) is 83.8 Å². The van der Waals surface area contributed by atoms with E-state index in [1.807, 2.05) is 19.1 Å². The van der Waals surface area contributed by atoms with Crippen molar-refractivity contribution < 1.29 is 22.7 Å². The van der Waals surface area contributed by atoms with Crippen LogP contribution in [0.2, 0.25) is 5.02 Å². The van der Waals surface area contributed by atoms with E-state index in [0.29, 0.717) is 12.2 Å². The van der Waals surface area contributed by atoms with Crippen LogP contribution in [0.4, 0.5) is 5.69 Å². The number of hydrogen-bond acceptors (Lipinski definition) is 5. The number of nitrogens with one attached hydrogen (secondary N) is 1. The molecule has 10 heteroatoms. The molecule has 2 amide bonds. The first-order valence-corrected chi connectivity index (χ1v) is 16.1. The van der Waals surface area contributed by atoms with Gasteiger partial charge in [0, 0.05) is 12.6 Å². The molecule has 8 nitrogen and oxygen atoms in total. The molecular formula is C32H38ClN3O5S. The van der Waals surface area contributed by atoms with E-state index < -0.39 is 28.5 Å². The number of anilines is 1. The van der Waals surface area contributed by atoms with Crippen molar-refractivity contribution in [2.45, 2.75) is 69.0 Å². The van der Waals surface area contributed by atoms with Crippen LogP contribution in [0.5, 0.6) is 5.75 Å². The summed E-state index contributed by atoms with van der Waals surface area (Å²) in [5.41, 5.74) is 0.930. The maximum Gasteiger partial charge on any atom is 0.264 e. The van der Waals surface area contributed by atoms with Gasteiger partial charge in [0.1, 0.15) is 18.3 Å². The molecule has 1 saturated carbocycles. The van der Waals surface area contributed by atoms with Gasteiger partial charge in [-0.1, -0.05) is 80.3 Å². The lowest BCUT2D eigenvalue weighted by molar-refractivity contribution is -0.140. The molecule has 1 atom stereocenters. The van der Waals surface area contributed by atoms with Gasteiger partial charge in [0.25, 0.3) is 10.0 Å². The molecule has 1 fully saturated rings. The van der Waals surface area contributed by atoms with E-state index >= 15 is 0 Å². The highest BCUT2D eigenvalue weighted by atomic mass is 35.5. The zero-order chi connectivity index (χ0) is 30.1. The first kappa shape index (κ1) is 31.4. The minimum atomic E-state index is -4.18. The fourth-order valence-electron chi connectivity index (χ4n) is 5.32. The standard InChI is InChI=1S/C32H38ClN3O5S/c1-3-29(32(38)34-25-14-6-4-7-15-25)35(22-24-13-12-16-26(21-24)41-2)31(37)23-36(30-20-11-10-19-28(30)33)42(39,40)27-17-8-5-9-18-27/h5,8-13,16-21,25,29H,3-4,6-7,14-15,22-23H2,1-2H3,(H,34,38)/t29-/m0/s1. The molecule has 1 aliphatic rings. The second kappa shape index (κ2) is 14.6. The molecule has 0 aromatic heterocycles. The predicted molar refractivity (Wildman–Crippen MR) is 165 cm³/mol. The number of ether oxygens (including phenoxy) is 1. The highest BCUT2D eigenvalue weighted by Crippen LogP contribution is 2.31. The Morgan fingerprint density at radius 2 is 1.67 bits per heavy atom. The lowest BCUT2D eigenvalue weighted by Crippen LogP contribution is -2.54. The van der Waals surface area contributed by atoms with Gasteiger partial charge in [-0.2, -0.15) is 0 Å². The largest absolute Gasteiger partial charge is 0.497 e. The number of sulfonamides is 1. The van der Waals surface area contributed by atoms with Gasteiger partial charge in [0.2, 0.25) is 11.8 Å². The lowest BCUT2D eigenvalue weighted by Gasteiger charge is -2.34. The summed E-state index contributed by atoms with van der Waals surface area (Å²) in [7, 11) is -2.62. The molecular weight excluding hydrogens is 574 g/mol. The van der Waals surface area contributed by atoms with Crippen LogP contribution in [0.25, 0.3) is 0 Å². The average molecular weight is 612 g/mol. The Kier molecular flexibility index (Phi) is 10.9. The normalized spacial score (nSPS) is 14.5. The fraction of sp³-hybridized carbons (Fsp3) is 0.375. The van der Waals surface area contributed by atoms with Crippen molar-refractivity contribution in [3.63, 3.8) is 0 Å². The van der Waals surface area contributed by atoms with Crippen molar-refractivity contribution in [2.24, 2.45) is 0 Å². The van der Waals surface area contributed by atoms with Gasteiger partial charge in [-0.05, 0) is 61.2 Å². The van der Waals surface area contributed by atoms with Crippen LogP contribution in [-0.2, 0) is 26.2 Å². The molecule has 0 bridgehead atoms. The van der Waals surface area contributed by atoms with Gasteiger partial charge in [0.15, 0.2) is 0 Å². The predicted octanol–water partition coefficient (Wildman–Crippen LogP) is 5.80. The van der Waals surface area contributed by atoms with Crippen LogP contribution < -0.4 is 14.4 Å². The first-order chi connectivity index (χ1) is 20.2. The lowest BCUT2D eigenvalue weighted by atomic mass is 9.95. The van der Waals surface area contributed by atoms with Crippen LogP contribution in [0.1, 0.15) is 51.0 Å². The van der Waals surface area contributed by atoms with E-state index in [1.54, 1.807) is 61.7 Å². The summed E-state index contributed by atoms with van der Waals surface area (Å²) in [5.74, 6) is -0.150. The van der Waals surface area contributed by atoms with E-state index in [4.69, 9.17) is 16.3 Å². The van der Waals surface area contributed by atoms with Gasteiger partial charge in [-0.3, -0.25) is 13.9 Å². The van der Waals surface area contributed by atoms with Gasteiger partial charge < -0.3 is 15.0 Å². The molecule has 0 heterocycles. The third-order valence-electron chi connectivity index (χ3n) is 7.56. The number of carbonyl (C=O) groups excluding carboxylic acids is 2. The highest BCUT2D eigenvalue weighted by Gasteiger charge is 2.35. The van der Waals surface area contributed by atoms with Gasteiger partial charge in [0.05, 0.1) is 22.7 Å². The molecule has 3 aromatic rings. The number of halogens is 1. The number of methoxy groups -OCH3 is 1. The minimum absolute atomic E-state index is 0.0270. The van der Waals surface area contributed by atoms with Crippen molar-refractivity contribution in [1.82, 2.24) is 10.2 Å². The third-order valence-corrected chi connectivity index (χ3v) is 9.65. The maximum absolute atomic E-state index is 14.2. The third kappa shape index (κ3) is 7.63. The summed E-state index contributed by atoms with van der Waals surface area (Å²) >= 11 is 6.48. The van der Waals surface area contributed by atoms with Crippen molar-refractivity contribution in [3.8, 4) is 5.75 Å². The Hall–Kier alpha value is -3.56. The van der Waals surface area contributed by atoms with E-state index in [9.17, 15) is 18.0 Å². The Balaban J connectivity index is 1.71. The van der Waals surface area contributed by atoms with Gasteiger partial charge in [-0.15, -0.1) is 0 Å². The molecule has 1 N–H and O–H groups in total. The second-order valence-electron chi connectivity index (χ2n) is 10.4. The number of para-hydroxylation sites is 1. The van der Waals surface area contributed by atoms with E-state index in [0.717, 1.165) is 42.0 Å². The Morgan fingerprint density at radius 1 is 0.976 bits per heavy atom. The van der Waals surface area contributed by atoms with Crippen molar-refractivity contribution in [2.75, 3.05) is 18.0 Å². The zero-order valence-corrected chi connectivity index (χ0v) is 25.6. The number of benzene rings is 3. The molecule has 224 valence electrons. The number of carbonyl (C=O) groups is 2. The van der Waals surface area contributed by atoms with E-state index in [2.05, 4.69) is 5.32 Å². The summed E-state index contributed by atoms with van der Waals surface area (Å²) in [6.07, 6.45) is 5.42. The Morgan fingerprint density at radius 3 is 2.33 bits per heavy atom. The number of rotatable bonds is 12. The summed E-state index contributed by atoms with van der Waals surface area (Å²) in [5, 5.41) is 3.34. The molecule has 3 aromatic carbocycles. The summed E-state index contributed by atoms with van der Waals surface area (Å²) in [6.45, 7) is 1.40. The molecule has 0 radical (unpaired) electrons. The van der Waals surface area contributed by atoms with Crippen molar-refractivity contribution >= 4 is 39.1 Å². The average Bonchev–Trinajstić information content (AvgIpc) is 3.01. The van der Waals surface area contributed by atoms with Gasteiger partial charge in [-0.25, -0.2) is 8.42 Å². The van der Waals surface area contributed by atoms with E-state index in [1.165, 1.54) is 17.0 Å². The van der Waals surface area contributed by atoms with Crippen LogP contribution in [0.3, 0.4) is 0 Å². The Bertz CT molecular complexity index is 1460. The topological polar surface area (TPSA) is 96.0 Å². The van der Waals surface area contributed by atoms with E-state index in [-0.39, 0.29) is 34.1 Å². The molecule has 1 aliphatic carbocycles.